The lowest BCUT2D eigenvalue weighted by Gasteiger charge is -2.09. The fourth-order valence-electron chi connectivity index (χ4n) is 2.63. The van der Waals surface area contributed by atoms with Crippen LogP contribution in [0.3, 0.4) is 0 Å². The number of hydrogen-bond acceptors (Lipinski definition) is 5. The Labute approximate surface area is 159 Å². The second-order valence-corrected chi connectivity index (χ2v) is 7.51. The van der Waals surface area contributed by atoms with Crippen molar-refractivity contribution < 1.29 is 4.79 Å². The van der Waals surface area contributed by atoms with E-state index in [9.17, 15) is 4.79 Å². The number of aromatic nitrogens is 3. The number of carbonyl (C=O) groups is 1. The van der Waals surface area contributed by atoms with Crippen molar-refractivity contribution in [1.29, 1.82) is 0 Å². The van der Waals surface area contributed by atoms with E-state index in [2.05, 4.69) is 34.5 Å². The van der Waals surface area contributed by atoms with Crippen molar-refractivity contribution in [1.82, 2.24) is 14.8 Å². The summed E-state index contributed by atoms with van der Waals surface area (Å²) < 4.78 is 1.78. The van der Waals surface area contributed by atoms with Crippen LogP contribution in [-0.2, 0) is 6.54 Å². The van der Waals surface area contributed by atoms with Crippen molar-refractivity contribution in [2.75, 3.05) is 5.32 Å². The fraction of sp³-hybridized carbons (Fsp3) is 0.105. The Kier molecular flexibility index (Phi) is 4.64. The average Bonchev–Trinajstić information content (AvgIpc) is 3.37. The molecule has 1 aromatic carbocycles. The summed E-state index contributed by atoms with van der Waals surface area (Å²) in [5.74, 6) is 0.426. The molecular formula is C19H16N4OS2. The molecule has 7 heteroatoms. The summed E-state index contributed by atoms with van der Waals surface area (Å²) in [6.07, 6.45) is 1.68. The Morgan fingerprint density at radius 1 is 1.23 bits per heavy atom. The van der Waals surface area contributed by atoms with E-state index in [1.165, 1.54) is 16.9 Å². The van der Waals surface area contributed by atoms with Gasteiger partial charge in [-0.15, -0.1) is 11.3 Å². The van der Waals surface area contributed by atoms with Crippen molar-refractivity contribution in [3.05, 3.63) is 75.6 Å². The Hall–Kier alpha value is -2.77. The van der Waals surface area contributed by atoms with Gasteiger partial charge in [0.05, 0.1) is 12.7 Å². The van der Waals surface area contributed by atoms with Gasteiger partial charge in [0, 0.05) is 22.4 Å². The molecule has 0 fully saturated rings. The fourth-order valence-corrected chi connectivity index (χ4v) is 4.14. The molecule has 0 radical (unpaired) electrons. The van der Waals surface area contributed by atoms with Gasteiger partial charge < -0.3 is 5.32 Å². The Balaban J connectivity index is 1.49. The summed E-state index contributed by atoms with van der Waals surface area (Å²) in [5.41, 5.74) is 3.80. The summed E-state index contributed by atoms with van der Waals surface area (Å²) in [6, 6.07) is 12.0. The van der Waals surface area contributed by atoms with E-state index in [0.29, 0.717) is 18.1 Å². The molecule has 4 rings (SSSR count). The van der Waals surface area contributed by atoms with Gasteiger partial charge in [-0.05, 0) is 23.9 Å². The molecule has 4 aromatic rings. The Bertz CT molecular complexity index is 1030. The third-order valence-electron chi connectivity index (χ3n) is 3.88. The number of anilines is 1. The van der Waals surface area contributed by atoms with Gasteiger partial charge in [0.25, 0.3) is 5.91 Å². The quantitative estimate of drug-likeness (QED) is 0.547. The molecule has 0 saturated heterocycles. The Morgan fingerprint density at radius 2 is 2.15 bits per heavy atom. The molecule has 1 N–H and O–H groups in total. The highest BCUT2D eigenvalue weighted by atomic mass is 32.1. The van der Waals surface area contributed by atoms with Gasteiger partial charge in [-0.2, -0.15) is 16.4 Å². The van der Waals surface area contributed by atoms with Gasteiger partial charge in [0.1, 0.15) is 16.5 Å². The molecule has 0 aliphatic heterocycles. The molecule has 3 heterocycles. The predicted molar refractivity (Wildman–Crippen MR) is 106 cm³/mol. The molecule has 5 nitrogen and oxygen atoms in total. The van der Waals surface area contributed by atoms with Crippen molar-refractivity contribution in [3.8, 4) is 10.6 Å². The third-order valence-corrected chi connectivity index (χ3v) is 5.45. The first kappa shape index (κ1) is 16.7. The van der Waals surface area contributed by atoms with Gasteiger partial charge in [0.2, 0.25) is 0 Å². The van der Waals surface area contributed by atoms with Crippen molar-refractivity contribution in [3.63, 3.8) is 0 Å². The molecule has 26 heavy (non-hydrogen) atoms. The first-order chi connectivity index (χ1) is 12.7. The molecule has 3 aromatic heterocycles. The number of hydrogen-bond donors (Lipinski definition) is 1. The zero-order valence-electron chi connectivity index (χ0n) is 14.0. The number of nitrogens with zero attached hydrogens (tertiary/aromatic N) is 3. The lowest BCUT2D eigenvalue weighted by molar-refractivity contribution is 0.102. The van der Waals surface area contributed by atoms with E-state index in [0.717, 1.165) is 16.1 Å². The minimum atomic E-state index is -0.228. The molecule has 0 aliphatic carbocycles. The number of thiophene rings is 1. The number of nitrogens with one attached hydrogen (secondary N) is 1. The van der Waals surface area contributed by atoms with Crippen molar-refractivity contribution >= 4 is 34.4 Å². The zero-order chi connectivity index (χ0) is 17.9. The number of benzene rings is 1. The van der Waals surface area contributed by atoms with Crippen molar-refractivity contribution in [2.24, 2.45) is 0 Å². The van der Waals surface area contributed by atoms with Gasteiger partial charge in [-0.25, -0.2) is 9.67 Å². The normalized spacial score (nSPS) is 10.8. The second-order valence-electron chi connectivity index (χ2n) is 5.87. The summed E-state index contributed by atoms with van der Waals surface area (Å²) in [6.45, 7) is 2.66. The van der Waals surface area contributed by atoms with Crippen LogP contribution in [0.4, 0.5) is 5.82 Å². The minimum absolute atomic E-state index is 0.228. The summed E-state index contributed by atoms with van der Waals surface area (Å²) >= 11 is 3.08. The standard InChI is InChI=1S/C19H16N4OS2/c1-13-3-2-4-14(9-13)10-23-17(5-7-20-23)22-18(24)16-12-26-19(21-16)15-6-8-25-11-15/h2-9,11-12H,10H2,1H3,(H,22,24). The number of carbonyl (C=O) groups excluding carboxylic acids is 1. The maximum absolute atomic E-state index is 12.5. The number of amides is 1. The molecule has 0 unspecified atom stereocenters. The highest BCUT2D eigenvalue weighted by molar-refractivity contribution is 7.14. The molecular weight excluding hydrogens is 364 g/mol. The van der Waals surface area contributed by atoms with Crippen LogP contribution in [0.5, 0.6) is 0 Å². The first-order valence-corrected chi connectivity index (χ1v) is 9.88. The summed E-state index contributed by atoms with van der Waals surface area (Å²) in [7, 11) is 0. The van der Waals surface area contributed by atoms with Gasteiger partial charge in [-0.1, -0.05) is 29.8 Å². The molecule has 0 bridgehead atoms. The van der Waals surface area contributed by atoms with Gasteiger partial charge >= 0.3 is 0 Å². The zero-order valence-corrected chi connectivity index (χ0v) is 15.7. The SMILES string of the molecule is Cc1cccc(Cn2nccc2NC(=O)c2csc(-c3ccsc3)n2)c1. The molecule has 0 spiro atoms. The van der Waals surface area contributed by atoms with Crippen LogP contribution in [0.15, 0.2) is 58.7 Å². The number of rotatable bonds is 5. The topological polar surface area (TPSA) is 59.8 Å². The third kappa shape index (κ3) is 3.58. The van der Waals surface area contributed by atoms with Gasteiger partial charge in [-0.3, -0.25) is 4.79 Å². The smallest absolute Gasteiger partial charge is 0.276 e. The van der Waals surface area contributed by atoms with Crippen LogP contribution in [-0.4, -0.2) is 20.7 Å². The van der Waals surface area contributed by atoms with E-state index >= 15 is 0 Å². The number of aryl methyl sites for hydroxylation is 1. The van der Waals surface area contributed by atoms with Crippen LogP contribution in [0.2, 0.25) is 0 Å². The highest BCUT2D eigenvalue weighted by Crippen LogP contribution is 2.26. The maximum Gasteiger partial charge on any atom is 0.276 e. The maximum atomic E-state index is 12.5. The first-order valence-electron chi connectivity index (χ1n) is 8.06. The van der Waals surface area contributed by atoms with Gasteiger partial charge in [0.15, 0.2) is 0 Å². The van der Waals surface area contributed by atoms with E-state index in [1.807, 2.05) is 29.0 Å². The molecule has 0 atom stereocenters. The largest absolute Gasteiger partial charge is 0.305 e. The van der Waals surface area contributed by atoms with Crippen LogP contribution < -0.4 is 5.32 Å². The number of thiazole rings is 1. The molecule has 0 saturated carbocycles. The lowest BCUT2D eigenvalue weighted by Crippen LogP contribution is -2.16. The minimum Gasteiger partial charge on any atom is -0.305 e. The van der Waals surface area contributed by atoms with Crippen LogP contribution in [0.25, 0.3) is 10.6 Å². The average molecular weight is 380 g/mol. The highest BCUT2D eigenvalue weighted by Gasteiger charge is 2.14. The predicted octanol–water partition coefficient (Wildman–Crippen LogP) is 4.68. The van der Waals surface area contributed by atoms with E-state index in [-0.39, 0.29) is 5.91 Å². The van der Waals surface area contributed by atoms with E-state index in [4.69, 9.17) is 0 Å². The van der Waals surface area contributed by atoms with E-state index < -0.39 is 0 Å². The lowest BCUT2D eigenvalue weighted by atomic mass is 10.1. The summed E-state index contributed by atoms with van der Waals surface area (Å²) in [5, 5.41) is 13.9. The van der Waals surface area contributed by atoms with Crippen LogP contribution in [0, 0.1) is 6.92 Å². The molecule has 130 valence electrons. The molecule has 0 aliphatic rings. The monoisotopic (exact) mass is 380 g/mol. The second kappa shape index (κ2) is 7.23. The van der Waals surface area contributed by atoms with Crippen molar-refractivity contribution in [2.45, 2.75) is 13.5 Å². The van der Waals surface area contributed by atoms with Crippen LogP contribution >= 0.6 is 22.7 Å². The molecule has 1 amide bonds. The van der Waals surface area contributed by atoms with Crippen LogP contribution in [0.1, 0.15) is 21.6 Å². The summed E-state index contributed by atoms with van der Waals surface area (Å²) in [4.78, 5) is 17.0. The van der Waals surface area contributed by atoms with E-state index in [1.54, 1.807) is 33.7 Å². The Morgan fingerprint density at radius 3 is 2.96 bits per heavy atom.